The van der Waals surface area contributed by atoms with Crippen LogP contribution >= 0.6 is 0 Å². The van der Waals surface area contributed by atoms with Crippen molar-refractivity contribution in [3.8, 4) is 0 Å². The quantitative estimate of drug-likeness (QED) is 0.651. The zero-order chi connectivity index (χ0) is 9.84. The average Bonchev–Trinajstić information content (AvgIpc) is 2.04. The monoisotopic (exact) mass is 179 g/mol. The van der Waals surface area contributed by atoms with E-state index in [0.29, 0.717) is 5.69 Å². The highest BCUT2D eigenvalue weighted by atomic mass is 19.1. The molecule has 0 unspecified atom stereocenters. The van der Waals surface area contributed by atoms with E-state index in [2.05, 4.69) is 4.98 Å². The van der Waals surface area contributed by atoms with Gasteiger partial charge in [0.2, 0.25) is 0 Å². The van der Waals surface area contributed by atoms with Crippen LogP contribution in [0.25, 0.3) is 5.57 Å². The van der Waals surface area contributed by atoms with Gasteiger partial charge in [0.15, 0.2) is 5.78 Å². The lowest BCUT2D eigenvalue weighted by atomic mass is 10.1. The molecule has 1 aromatic rings. The third-order valence-electron chi connectivity index (χ3n) is 1.55. The minimum atomic E-state index is -0.376. The van der Waals surface area contributed by atoms with Gasteiger partial charge in [-0.05, 0) is 37.6 Å². The maximum atomic E-state index is 12.5. The molecule has 1 heterocycles. The fraction of sp³-hybridized carbons (Fsp3) is 0.200. The predicted octanol–water partition coefficient (Wildman–Crippen LogP) is 2.21. The number of carbonyl (C=O) groups is 1. The summed E-state index contributed by atoms with van der Waals surface area (Å²) in [6.45, 7) is 3.23. The van der Waals surface area contributed by atoms with Crippen molar-refractivity contribution in [2.45, 2.75) is 13.8 Å². The maximum Gasteiger partial charge on any atom is 0.152 e. The van der Waals surface area contributed by atoms with Crippen molar-refractivity contribution < 1.29 is 9.18 Å². The van der Waals surface area contributed by atoms with Crippen molar-refractivity contribution >= 4 is 11.4 Å². The maximum absolute atomic E-state index is 12.5. The van der Waals surface area contributed by atoms with Gasteiger partial charge in [-0.25, -0.2) is 4.39 Å². The zero-order valence-corrected chi connectivity index (χ0v) is 7.54. The molecule has 0 aliphatic rings. The second-order valence-electron chi connectivity index (χ2n) is 2.80. The van der Waals surface area contributed by atoms with Crippen LogP contribution in [0.2, 0.25) is 0 Å². The molecular weight excluding hydrogens is 169 g/mol. The highest BCUT2D eigenvalue weighted by Gasteiger charge is 1.98. The van der Waals surface area contributed by atoms with Crippen LogP contribution in [-0.2, 0) is 4.79 Å². The molecule has 0 aromatic carbocycles. The molecule has 0 atom stereocenters. The Morgan fingerprint density at radius 1 is 1.46 bits per heavy atom. The van der Waals surface area contributed by atoms with Crippen LogP contribution in [0.3, 0.4) is 0 Å². The molecule has 0 aliphatic carbocycles. The first-order valence-electron chi connectivity index (χ1n) is 3.90. The summed E-state index contributed by atoms with van der Waals surface area (Å²) in [5.74, 6) is -0.414. The van der Waals surface area contributed by atoms with Gasteiger partial charge in [-0.1, -0.05) is 0 Å². The highest BCUT2D eigenvalue weighted by molar-refractivity contribution is 5.94. The van der Waals surface area contributed by atoms with Crippen molar-refractivity contribution in [2.75, 3.05) is 0 Å². The number of ketones is 1. The topological polar surface area (TPSA) is 30.0 Å². The summed E-state index contributed by atoms with van der Waals surface area (Å²) in [4.78, 5) is 14.6. The predicted molar refractivity (Wildman–Crippen MR) is 48.5 cm³/mol. The van der Waals surface area contributed by atoms with Crippen molar-refractivity contribution in [2.24, 2.45) is 0 Å². The summed E-state index contributed by atoms with van der Waals surface area (Å²) in [5.41, 5.74) is 1.36. The van der Waals surface area contributed by atoms with E-state index in [1.54, 1.807) is 13.0 Å². The van der Waals surface area contributed by atoms with Crippen LogP contribution in [0.5, 0.6) is 0 Å². The van der Waals surface area contributed by atoms with E-state index in [1.807, 2.05) is 0 Å². The van der Waals surface area contributed by atoms with E-state index in [-0.39, 0.29) is 11.6 Å². The number of carbonyl (C=O) groups excluding carboxylic acids is 1. The standard InChI is InChI=1S/C10H10FNO/c1-7(5-8(2)13)10-4-3-9(11)6-12-10/h3-6H,1-2H3/b7-5-. The van der Waals surface area contributed by atoms with Crippen LogP contribution in [0, 0.1) is 5.82 Å². The molecule has 0 N–H and O–H groups in total. The molecule has 0 fully saturated rings. The van der Waals surface area contributed by atoms with Crippen LogP contribution in [-0.4, -0.2) is 10.8 Å². The highest BCUT2D eigenvalue weighted by Crippen LogP contribution is 2.10. The molecule has 68 valence electrons. The van der Waals surface area contributed by atoms with Crippen molar-refractivity contribution in [1.29, 1.82) is 0 Å². The fourth-order valence-electron chi connectivity index (χ4n) is 0.988. The second-order valence-corrected chi connectivity index (χ2v) is 2.80. The Balaban J connectivity index is 2.96. The van der Waals surface area contributed by atoms with Gasteiger partial charge < -0.3 is 0 Å². The Labute approximate surface area is 76.1 Å². The molecule has 1 aromatic heterocycles. The molecular formula is C10H10FNO. The molecule has 0 spiro atoms. The molecule has 1 rings (SSSR count). The van der Waals surface area contributed by atoms with Gasteiger partial charge in [0, 0.05) is 0 Å². The summed E-state index contributed by atoms with van der Waals surface area (Å²) in [6.07, 6.45) is 2.60. The number of allylic oxidation sites excluding steroid dienone is 2. The Hall–Kier alpha value is -1.51. The lowest BCUT2D eigenvalue weighted by Crippen LogP contribution is -1.90. The lowest BCUT2D eigenvalue weighted by molar-refractivity contribution is -0.112. The minimum absolute atomic E-state index is 0.0383. The summed E-state index contributed by atoms with van der Waals surface area (Å²) in [6, 6.07) is 2.86. The van der Waals surface area contributed by atoms with E-state index in [9.17, 15) is 9.18 Å². The molecule has 0 saturated carbocycles. The van der Waals surface area contributed by atoms with Crippen molar-refractivity contribution in [3.05, 3.63) is 35.9 Å². The van der Waals surface area contributed by atoms with Gasteiger partial charge in [-0.15, -0.1) is 0 Å². The zero-order valence-electron chi connectivity index (χ0n) is 7.54. The van der Waals surface area contributed by atoms with Gasteiger partial charge in [0.1, 0.15) is 5.82 Å². The average molecular weight is 179 g/mol. The SMILES string of the molecule is CC(=O)/C=C(/C)c1ccc(F)cn1. The summed E-state index contributed by atoms with van der Waals surface area (Å²) in [5, 5.41) is 0. The van der Waals surface area contributed by atoms with Crippen molar-refractivity contribution in [1.82, 2.24) is 4.98 Å². The Morgan fingerprint density at radius 2 is 2.15 bits per heavy atom. The van der Waals surface area contributed by atoms with E-state index in [4.69, 9.17) is 0 Å². The molecule has 0 bridgehead atoms. The second kappa shape index (κ2) is 3.94. The minimum Gasteiger partial charge on any atom is -0.295 e. The van der Waals surface area contributed by atoms with Crippen LogP contribution in [0.1, 0.15) is 19.5 Å². The molecule has 0 amide bonds. The largest absolute Gasteiger partial charge is 0.295 e. The summed E-state index contributed by atoms with van der Waals surface area (Å²) in [7, 11) is 0. The number of aromatic nitrogens is 1. The van der Waals surface area contributed by atoms with Gasteiger partial charge in [-0.2, -0.15) is 0 Å². The number of nitrogens with zero attached hydrogens (tertiary/aromatic N) is 1. The number of hydrogen-bond donors (Lipinski definition) is 0. The first-order chi connectivity index (χ1) is 6.09. The van der Waals surface area contributed by atoms with Crippen molar-refractivity contribution in [3.63, 3.8) is 0 Å². The smallest absolute Gasteiger partial charge is 0.152 e. The van der Waals surface area contributed by atoms with Gasteiger partial charge >= 0.3 is 0 Å². The van der Waals surface area contributed by atoms with Crippen LogP contribution < -0.4 is 0 Å². The van der Waals surface area contributed by atoms with Crippen LogP contribution in [0.4, 0.5) is 4.39 Å². The molecule has 0 radical (unpaired) electrons. The third kappa shape index (κ3) is 2.78. The normalized spacial score (nSPS) is 11.5. The first kappa shape index (κ1) is 9.58. The third-order valence-corrected chi connectivity index (χ3v) is 1.55. The molecule has 0 aliphatic heterocycles. The Bertz CT molecular complexity index is 340. The number of halogens is 1. The fourth-order valence-corrected chi connectivity index (χ4v) is 0.988. The summed E-state index contributed by atoms with van der Waals surface area (Å²) >= 11 is 0. The summed E-state index contributed by atoms with van der Waals surface area (Å²) < 4.78 is 12.5. The van der Waals surface area contributed by atoms with Gasteiger partial charge in [-0.3, -0.25) is 9.78 Å². The lowest BCUT2D eigenvalue weighted by Gasteiger charge is -1.98. The Kier molecular flexibility index (Phi) is 2.90. The molecule has 0 saturated heterocycles. The van der Waals surface area contributed by atoms with E-state index in [0.717, 1.165) is 11.8 Å². The van der Waals surface area contributed by atoms with E-state index in [1.165, 1.54) is 19.1 Å². The van der Waals surface area contributed by atoms with Crippen LogP contribution in [0.15, 0.2) is 24.4 Å². The number of pyridine rings is 1. The Morgan fingerprint density at radius 3 is 2.62 bits per heavy atom. The van der Waals surface area contributed by atoms with Gasteiger partial charge in [0.05, 0.1) is 11.9 Å². The molecule has 2 nitrogen and oxygen atoms in total. The van der Waals surface area contributed by atoms with E-state index < -0.39 is 0 Å². The molecule has 13 heavy (non-hydrogen) atoms. The number of rotatable bonds is 2. The van der Waals surface area contributed by atoms with E-state index >= 15 is 0 Å². The first-order valence-corrected chi connectivity index (χ1v) is 3.90. The molecule has 3 heteroatoms. The van der Waals surface area contributed by atoms with Gasteiger partial charge in [0.25, 0.3) is 0 Å². The number of hydrogen-bond acceptors (Lipinski definition) is 2.